The van der Waals surface area contributed by atoms with Gasteiger partial charge in [0.15, 0.2) is 0 Å². The lowest BCUT2D eigenvalue weighted by Gasteiger charge is -2.17. The Labute approximate surface area is 152 Å². The molecule has 24 heavy (non-hydrogen) atoms. The van der Waals surface area contributed by atoms with Crippen LogP contribution in [-0.2, 0) is 0 Å². The molecule has 0 bridgehead atoms. The van der Waals surface area contributed by atoms with Gasteiger partial charge >= 0.3 is 0 Å². The topological polar surface area (TPSA) is 0 Å². The lowest BCUT2D eigenvalue weighted by Crippen LogP contribution is -2.00. The van der Waals surface area contributed by atoms with Gasteiger partial charge in [0.1, 0.15) is 0 Å². The fourth-order valence-electron chi connectivity index (χ4n) is 2.64. The fourth-order valence-corrected chi connectivity index (χ4v) is 2.64. The van der Waals surface area contributed by atoms with E-state index in [1.54, 1.807) is 11.1 Å². The molecule has 1 aliphatic carbocycles. The van der Waals surface area contributed by atoms with Gasteiger partial charge in [-0.2, -0.15) is 0 Å². The molecule has 0 heteroatoms. The Hall–Kier alpha value is -1.56. The average Bonchev–Trinajstić information content (AvgIpc) is 2.66. The lowest BCUT2D eigenvalue weighted by atomic mass is 9.89. The summed E-state index contributed by atoms with van der Waals surface area (Å²) in [6.45, 7) is 18.2. The average molecular weight is 329 g/mol. The first-order valence-corrected chi connectivity index (χ1v) is 9.56. The van der Waals surface area contributed by atoms with Gasteiger partial charge in [-0.15, -0.1) is 19.7 Å². The predicted molar refractivity (Wildman–Crippen MR) is 114 cm³/mol. The minimum absolute atomic E-state index is 0.742. The van der Waals surface area contributed by atoms with Crippen molar-refractivity contribution in [2.75, 3.05) is 0 Å². The van der Waals surface area contributed by atoms with Crippen LogP contribution in [0.4, 0.5) is 0 Å². The van der Waals surface area contributed by atoms with Crippen LogP contribution >= 0.6 is 0 Å². The molecule has 0 fully saturated rings. The summed E-state index contributed by atoms with van der Waals surface area (Å²) in [7, 11) is 0. The van der Waals surface area contributed by atoms with E-state index in [9.17, 15) is 0 Å². The van der Waals surface area contributed by atoms with Crippen molar-refractivity contribution in [1.82, 2.24) is 0 Å². The minimum Gasteiger partial charge on any atom is -0.106 e. The molecule has 136 valence electrons. The third-order valence-electron chi connectivity index (χ3n) is 4.06. The molecule has 1 rings (SSSR count). The third kappa shape index (κ3) is 12.9. The summed E-state index contributed by atoms with van der Waals surface area (Å²) >= 11 is 0. The van der Waals surface area contributed by atoms with Gasteiger partial charge in [-0.05, 0) is 57.8 Å². The molecule has 0 amide bonds. The highest BCUT2D eigenvalue weighted by Gasteiger charge is 2.09. The third-order valence-corrected chi connectivity index (χ3v) is 4.06. The summed E-state index contributed by atoms with van der Waals surface area (Å²) in [5.74, 6) is 0.742. The van der Waals surface area contributed by atoms with E-state index in [0.29, 0.717) is 0 Å². The highest BCUT2D eigenvalue weighted by atomic mass is 14.1. The number of allylic oxidation sites excluding steroid dienone is 9. The Balaban J connectivity index is 0. The van der Waals surface area contributed by atoms with Crippen LogP contribution in [0.1, 0.15) is 72.6 Å². The zero-order valence-electron chi connectivity index (χ0n) is 16.7. The molecular weight excluding hydrogens is 288 g/mol. The molecule has 0 aromatic rings. The second-order valence-corrected chi connectivity index (χ2v) is 5.62. The SMILES string of the molecule is C=C.C=CC[C@@H](C/C=C\C=C/C)CCC1=CC=C(CC)CC1.CC. The summed E-state index contributed by atoms with van der Waals surface area (Å²) in [6, 6.07) is 0. The van der Waals surface area contributed by atoms with Gasteiger partial charge < -0.3 is 0 Å². The molecule has 0 aromatic heterocycles. The molecule has 1 atom stereocenters. The normalized spacial score (nSPS) is 14.8. The lowest BCUT2D eigenvalue weighted by molar-refractivity contribution is 0.493. The monoisotopic (exact) mass is 328 g/mol. The summed E-state index contributed by atoms with van der Waals surface area (Å²) in [6.07, 6.45) is 24.0. The molecule has 1 aliphatic rings. The largest absolute Gasteiger partial charge is 0.106 e. The number of hydrogen-bond donors (Lipinski definition) is 0. The van der Waals surface area contributed by atoms with Gasteiger partial charge in [-0.25, -0.2) is 0 Å². The van der Waals surface area contributed by atoms with Crippen molar-refractivity contribution in [3.8, 4) is 0 Å². The molecular formula is C24H40. The van der Waals surface area contributed by atoms with Crippen molar-refractivity contribution in [1.29, 1.82) is 0 Å². The summed E-state index contributed by atoms with van der Waals surface area (Å²) < 4.78 is 0. The zero-order chi connectivity index (χ0) is 18.6. The second kappa shape index (κ2) is 19.5. The van der Waals surface area contributed by atoms with Gasteiger partial charge in [0.25, 0.3) is 0 Å². The van der Waals surface area contributed by atoms with Gasteiger partial charge in [-0.1, -0.05) is 74.4 Å². The maximum absolute atomic E-state index is 3.90. The van der Waals surface area contributed by atoms with Gasteiger partial charge in [0.2, 0.25) is 0 Å². The Morgan fingerprint density at radius 1 is 1.04 bits per heavy atom. The molecule has 0 saturated heterocycles. The standard InChI is InChI=1S/C20H30.C2H6.C2H4/c1-4-7-8-9-11-19(10-5-2)16-17-20-14-12-18(6-3)13-15-20;2*1-2/h4-5,7-9,12,14,19H,2,6,10-11,13,15-17H2,1,3H3;1-2H3;1-2H2/b7-4-,9-8-;;/t19-;;/m0../s1. The van der Waals surface area contributed by atoms with Crippen LogP contribution in [0, 0.1) is 5.92 Å². The maximum atomic E-state index is 3.90. The van der Waals surface area contributed by atoms with Crippen molar-refractivity contribution in [2.24, 2.45) is 5.92 Å². The first-order valence-electron chi connectivity index (χ1n) is 9.56. The highest BCUT2D eigenvalue weighted by molar-refractivity contribution is 5.23. The summed E-state index contributed by atoms with van der Waals surface area (Å²) in [5.41, 5.74) is 3.24. The molecule has 0 heterocycles. The van der Waals surface area contributed by atoms with Crippen molar-refractivity contribution in [3.63, 3.8) is 0 Å². The first-order chi connectivity index (χ1) is 11.8. The van der Waals surface area contributed by atoms with Gasteiger partial charge in [0.05, 0.1) is 0 Å². The molecule has 0 nitrogen and oxygen atoms in total. The Morgan fingerprint density at radius 3 is 2.17 bits per heavy atom. The van der Waals surface area contributed by atoms with Crippen LogP contribution in [0.5, 0.6) is 0 Å². The zero-order valence-corrected chi connectivity index (χ0v) is 16.7. The van der Waals surface area contributed by atoms with E-state index >= 15 is 0 Å². The van der Waals surface area contributed by atoms with Crippen LogP contribution in [0.3, 0.4) is 0 Å². The van der Waals surface area contributed by atoms with Gasteiger partial charge in [0, 0.05) is 0 Å². The van der Waals surface area contributed by atoms with E-state index in [1.807, 2.05) is 13.8 Å². The van der Waals surface area contributed by atoms with Crippen molar-refractivity contribution in [3.05, 3.63) is 73.4 Å². The highest BCUT2D eigenvalue weighted by Crippen LogP contribution is 2.27. The van der Waals surface area contributed by atoms with Crippen LogP contribution in [0.15, 0.2) is 73.4 Å². The van der Waals surface area contributed by atoms with Gasteiger partial charge in [-0.3, -0.25) is 0 Å². The van der Waals surface area contributed by atoms with E-state index in [1.165, 1.54) is 38.5 Å². The van der Waals surface area contributed by atoms with Crippen LogP contribution in [0.25, 0.3) is 0 Å². The molecule has 0 N–H and O–H groups in total. The van der Waals surface area contributed by atoms with E-state index in [0.717, 1.165) is 12.3 Å². The van der Waals surface area contributed by atoms with E-state index in [2.05, 4.69) is 76.1 Å². The van der Waals surface area contributed by atoms with Crippen molar-refractivity contribution < 1.29 is 0 Å². The predicted octanol–water partition coefficient (Wildman–Crippen LogP) is 8.37. The molecule has 0 aromatic carbocycles. The van der Waals surface area contributed by atoms with Crippen LogP contribution < -0.4 is 0 Å². The Kier molecular flexibility index (Phi) is 20.0. The smallest absolute Gasteiger partial charge is 0.0280 e. The molecule has 0 unspecified atom stereocenters. The Morgan fingerprint density at radius 2 is 1.67 bits per heavy atom. The van der Waals surface area contributed by atoms with Crippen molar-refractivity contribution >= 4 is 0 Å². The van der Waals surface area contributed by atoms with E-state index in [-0.39, 0.29) is 0 Å². The number of hydrogen-bond acceptors (Lipinski definition) is 0. The minimum atomic E-state index is 0.742. The fraction of sp³-hybridized carbons (Fsp3) is 0.500. The molecule has 0 aliphatic heterocycles. The molecule has 0 radical (unpaired) electrons. The molecule has 0 saturated carbocycles. The van der Waals surface area contributed by atoms with E-state index in [4.69, 9.17) is 0 Å². The quantitative estimate of drug-likeness (QED) is 0.294. The Bertz CT molecular complexity index is 404. The van der Waals surface area contributed by atoms with E-state index < -0.39 is 0 Å². The number of rotatable bonds is 9. The summed E-state index contributed by atoms with van der Waals surface area (Å²) in [4.78, 5) is 0. The maximum Gasteiger partial charge on any atom is -0.0280 e. The second-order valence-electron chi connectivity index (χ2n) is 5.62. The molecule has 0 spiro atoms. The van der Waals surface area contributed by atoms with Crippen molar-refractivity contribution in [2.45, 2.75) is 72.6 Å². The van der Waals surface area contributed by atoms with Crippen LogP contribution in [0.2, 0.25) is 0 Å². The first kappa shape index (κ1) is 24.7. The summed E-state index contributed by atoms with van der Waals surface area (Å²) in [5, 5.41) is 0. The van der Waals surface area contributed by atoms with Crippen LogP contribution in [-0.4, -0.2) is 0 Å².